The lowest BCUT2D eigenvalue weighted by Gasteiger charge is -2.16. The van der Waals surface area contributed by atoms with Gasteiger partial charge in [0.2, 0.25) is 10.0 Å². The van der Waals surface area contributed by atoms with E-state index in [-0.39, 0.29) is 16.3 Å². The smallest absolute Gasteiger partial charge is 0.345 e. The summed E-state index contributed by atoms with van der Waals surface area (Å²) in [6.45, 7) is 2.18. The Morgan fingerprint density at radius 3 is 2.62 bits per heavy atom. The molecule has 0 atom stereocenters. The molecule has 112 valence electrons. The first-order chi connectivity index (χ1) is 9.80. The zero-order valence-electron chi connectivity index (χ0n) is 11.6. The Morgan fingerprint density at radius 2 is 2.05 bits per heavy atom. The Hall–Kier alpha value is -1.70. The molecule has 0 spiro atoms. The molecule has 0 radical (unpaired) electrons. The number of aryl methyl sites for hydroxylation is 1. The summed E-state index contributed by atoms with van der Waals surface area (Å²) in [6.07, 6.45) is 0. The number of sulfonamides is 1. The van der Waals surface area contributed by atoms with Gasteiger partial charge in [-0.3, -0.25) is 0 Å². The second-order valence-electron chi connectivity index (χ2n) is 4.70. The van der Waals surface area contributed by atoms with Gasteiger partial charge in [0.1, 0.15) is 4.88 Å². The standard InChI is InChI=1S/C14H15NO4S2/c1-10-4-3-5-11(6-10)8-15(2)21(18,19)12-7-13(14(16)17)20-9-12/h3-7,9H,8H2,1-2H3,(H,16,17). The average molecular weight is 325 g/mol. The van der Waals surface area contributed by atoms with Crippen molar-refractivity contribution in [3.63, 3.8) is 0 Å². The highest BCUT2D eigenvalue weighted by Gasteiger charge is 2.23. The Bertz CT molecular complexity index is 765. The zero-order valence-corrected chi connectivity index (χ0v) is 13.2. The van der Waals surface area contributed by atoms with E-state index in [4.69, 9.17) is 5.11 Å². The minimum Gasteiger partial charge on any atom is -0.477 e. The van der Waals surface area contributed by atoms with Gasteiger partial charge in [-0.1, -0.05) is 29.8 Å². The van der Waals surface area contributed by atoms with Crippen LogP contribution < -0.4 is 0 Å². The van der Waals surface area contributed by atoms with Crippen LogP contribution in [0.15, 0.2) is 40.6 Å². The van der Waals surface area contributed by atoms with Crippen molar-refractivity contribution in [2.45, 2.75) is 18.4 Å². The molecule has 0 saturated heterocycles. The Morgan fingerprint density at radius 1 is 1.33 bits per heavy atom. The Kier molecular flexibility index (Phi) is 4.46. The number of hydrogen-bond acceptors (Lipinski definition) is 4. The van der Waals surface area contributed by atoms with Crippen molar-refractivity contribution in [1.29, 1.82) is 0 Å². The summed E-state index contributed by atoms with van der Waals surface area (Å²) in [5.74, 6) is -1.12. The van der Waals surface area contributed by atoms with Crippen molar-refractivity contribution in [3.8, 4) is 0 Å². The summed E-state index contributed by atoms with van der Waals surface area (Å²) in [5, 5.41) is 10.2. The monoisotopic (exact) mass is 325 g/mol. The molecule has 0 aliphatic heterocycles. The highest BCUT2D eigenvalue weighted by molar-refractivity contribution is 7.89. The van der Waals surface area contributed by atoms with Crippen LogP contribution in [-0.2, 0) is 16.6 Å². The van der Waals surface area contributed by atoms with E-state index in [1.165, 1.54) is 22.8 Å². The molecule has 0 unspecified atom stereocenters. The molecule has 0 aliphatic rings. The zero-order chi connectivity index (χ0) is 15.6. The van der Waals surface area contributed by atoms with Crippen LogP contribution in [0.1, 0.15) is 20.8 Å². The molecular weight excluding hydrogens is 310 g/mol. The van der Waals surface area contributed by atoms with E-state index < -0.39 is 16.0 Å². The lowest BCUT2D eigenvalue weighted by Crippen LogP contribution is -2.26. The predicted molar refractivity (Wildman–Crippen MR) is 81.1 cm³/mol. The minimum absolute atomic E-state index is 0.0116. The van der Waals surface area contributed by atoms with E-state index in [0.29, 0.717) is 0 Å². The van der Waals surface area contributed by atoms with Crippen molar-refractivity contribution in [1.82, 2.24) is 4.31 Å². The lowest BCUT2D eigenvalue weighted by molar-refractivity contribution is 0.0702. The predicted octanol–water partition coefficient (Wildman–Crippen LogP) is 2.58. The normalized spacial score (nSPS) is 11.8. The van der Waals surface area contributed by atoms with Gasteiger partial charge in [0.25, 0.3) is 0 Å². The molecular formula is C14H15NO4S2. The molecule has 7 heteroatoms. The van der Waals surface area contributed by atoms with Gasteiger partial charge < -0.3 is 5.11 Å². The summed E-state index contributed by atoms with van der Waals surface area (Å²) < 4.78 is 26.0. The number of carboxylic acids is 1. The molecule has 1 heterocycles. The summed E-state index contributed by atoms with van der Waals surface area (Å²) in [4.78, 5) is 10.9. The van der Waals surface area contributed by atoms with E-state index in [9.17, 15) is 13.2 Å². The second kappa shape index (κ2) is 5.97. The van der Waals surface area contributed by atoms with Crippen molar-refractivity contribution in [3.05, 3.63) is 51.7 Å². The molecule has 0 amide bonds. The molecule has 2 rings (SSSR count). The van der Waals surface area contributed by atoms with E-state index in [0.717, 1.165) is 22.5 Å². The maximum Gasteiger partial charge on any atom is 0.345 e. The maximum atomic E-state index is 12.4. The van der Waals surface area contributed by atoms with Gasteiger partial charge in [0.05, 0.1) is 4.90 Å². The molecule has 5 nitrogen and oxygen atoms in total. The molecule has 1 N–H and O–H groups in total. The van der Waals surface area contributed by atoms with Crippen LogP contribution in [0.4, 0.5) is 0 Å². The fourth-order valence-electron chi connectivity index (χ4n) is 1.90. The van der Waals surface area contributed by atoms with Crippen LogP contribution in [-0.4, -0.2) is 30.8 Å². The first-order valence-corrected chi connectivity index (χ1v) is 8.46. The molecule has 1 aromatic heterocycles. The Labute approximate surface area is 127 Å². The molecule has 2 aromatic rings. The van der Waals surface area contributed by atoms with Gasteiger partial charge in [-0.2, -0.15) is 4.31 Å². The third kappa shape index (κ3) is 3.49. The Balaban J connectivity index is 2.23. The van der Waals surface area contributed by atoms with Gasteiger partial charge in [-0.15, -0.1) is 11.3 Å². The summed E-state index contributed by atoms with van der Waals surface area (Å²) >= 11 is 0.905. The van der Waals surface area contributed by atoms with Gasteiger partial charge in [-0.25, -0.2) is 13.2 Å². The quantitative estimate of drug-likeness (QED) is 0.917. The third-order valence-electron chi connectivity index (χ3n) is 2.98. The van der Waals surface area contributed by atoms with E-state index >= 15 is 0 Å². The average Bonchev–Trinajstić information content (AvgIpc) is 2.89. The van der Waals surface area contributed by atoms with Crippen LogP contribution in [0.3, 0.4) is 0 Å². The van der Waals surface area contributed by atoms with Crippen molar-refractivity contribution in [2.24, 2.45) is 0 Å². The first-order valence-electron chi connectivity index (χ1n) is 6.14. The van der Waals surface area contributed by atoms with Gasteiger partial charge in [0.15, 0.2) is 0 Å². The number of benzene rings is 1. The highest BCUT2D eigenvalue weighted by atomic mass is 32.2. The molecule has 0 fully saturated rings. The first kappa shape index (κ1) is 15.7. The van der Waals surface area contributed by atoms with Crippen LogP contribution >= 0.6 is 11.3 Å². The number of hydrogen-bond donors (Lipinski definition) is 1. The maximum absolute atomic E-state index is 12.4. The minimum atomic E-state index is -3.68. The van der Waals surface area contributed by atoms with Crippen LogP contribution in [0.25, 0.3) is 0 Å². The molecule has 0 saturated carbocycles. The fraction of sp³-hybridized carbons (Fsp3) is 0.214. The fourth-order valence-corrected chi connectivity index (χ4v) is 4.16. The van der Waals surface area contributed by atoms with Gasteiger partial charge in [-0.05, 0) is 18.6 Å². The topological polar surface area (TPSA) is 74.7 Å². The number of nitrogens with zero attached hydrogens (tertiary/aromatic N) is 1. The van der Waals surface area contributed by atoms with Crippen molar-refractivity contribution < 1.29 is 18.3 Å². The highest BCUT2D eigenvalue weighted by Crippen LogP contribution is 2.23. The summed E-state index contributed by atoms with van der Waals surface area (Å²) in [7, 11) is -2.20. The van der Waals surface area contributed by atoms with E-state index in [1.54, 1.807) is 0 Å². The lowest BCUT2D eigenvalue weighted by atomic mass is 10.1. The third-order valence-corrected chi connectivity index (χ3v) is 5.83. The van der Waals surface area contributed by atoms with Crippen molar-refractivity contribution in [2.75, 3.05) is 7.05 Å². The van der Waals surface area contributed by atoms with Crippen LogP contribution in [0.2, 0.25) is 0 Å². The number of carboxylic acid groups (broad SMARTS) is 1. The SMILES string of the molecule is Cc1cccc(CN(C)S(=O)(=O)c2csc(C(=O)O)c2)c1. The number of carbonyl (C=O) groups is 1. The number of rotatable bonds is 5. The summed E-state index contributed by atoms with van der Waals surface area (Å²) in [5.41, 5.74) is 1.94. The molecule has 0 bridgehead atoms. The number of thiophene rings is 1. The van der Waals surface area contributed by atoms with Crippen LogP contribution in [0.5, 0.6) is 0 Å². The number of aromatic carboxylic acids is 1. The molecule has 1 aromatic carbocycles. The van der Waals surface area contributed by atoms with Gasteiger partial charge in [0, 0.05) is 19.0 Å². The van der Waals surface area contributed by atoms with Gasteiger partial charge >= 0.3 is 5.97 Å². The second-order valence-corrected chi connectivity index (χ2v) is 7.66. The largest absolute Gasteiger partial charge is 0.477 e. The van der Waals surface area contributed by atoms with E-state index in [1.807, 2.05) is 31.2 Å². The summed E-state index contributed by atoms with van der Waals surface area (Å²) in [6, 6.07) is 8.78. The van der Waals surface area contributed by atoms with Crippen LogP contribution in [0, 0.1) is 6.92 Å². The molecule has 21 heavy (non-hydrogen) atoms. The molecule has 0 aliphatic carbocycles. The van der Waals surface area contributed by atoms with E-state index in [2.05, 4.69) is 0 Å². The van der Waals surface area contributed by atoms with Crippen molar-refractivity contribution >= 4 is 27.3 Å².